The summed E-state index contributed by atoms with van der Waals surface area (Å²) in [6, 6.07) is 19.9. The number of rotatable bonds is 7. The third-order valence-corrected chi connectivity index (χ3v) is 7.93. The molecule has 0 aliphatic heterocycles. The average molecular weight is 434 g/mol. The fourth-order valence-electron chi connectivity index (χ4n) is 4.67. The molecule has 0 atom stereocenters. The third-order valence-electron chi connectivity index (χ3n) is 6.90. The van der Waals surface area contributed by atoms with Gasteiger partial charge in [-0.3, -0.25) is 4.79 Å². The van der Waals surface area contributed by atoms with Crippen molar-refractivity contribution < 1.29 is 14.6 Å². The molecule has 31 heavy (non-hydrogen) atoms. The van der Waals surface area contributed by atoms with Crippen LogP contribution in [0.5, 0.6) is 0 Å². The summed E-state index contributed by atoms with van der Waals surface area (Å²) in [4.78, 5) is 17.4. The Kier molecular flexibility index (Phi) is 5.40. The lowest BCUT2D eigenvalue weighted by molar-refractivity contribution is -0.151. The smallest absolute Gasteiger partial charge is 0.314 e. The third kappa shape index (κ3) is 3.92. The number of aliphatic carboxylic acids is 1. The molecule has 5 rings (SSSR count). The zero-order valence-corrected chi connectivity index (χ0v) is 18.3. The zero-order chi connectivity index (χ0) is 21.3. The van der Waals surface area contributed by atoms with Crippen LogP contribution < -0.4 is 0 Å². The zero-order valence-electron chi connectivity index (χ0n) is 17.5. The second-order valence-corrected chi connectivity index (χ2v) is 9.76. The van der Waals surface area contributed by atoms with E-state index in [4.69, 9.17) is 9.72 Å². The van der Waals surface area contributed by atoms with Gasteiger partial charge in [-0.1, -0.05) is 60.7 Å². The van der Waals surface area contributed by atoms with Crippen LogP contribution in [0.15, 0.2) is 66.0 Å². The normalized spacial score (nSPS) is 25.9. The molecule has 1 aromatic heterocycles. The van der Waals surface area contributed by atoms with Gasteiger partial charge in [-0.05, 0) is 50.0 Å². The van der Waals surface area contributed by atoms with Gasteiger partial charge < -0.3 is 9.84 Å². The van der Waals surface area contributed by atoms with Crippen molar-refractivity contribution in [2.45, 2.75) is 49.5 Å². The molecule has 1 N–H and O–H groups in total. The number of ether oxygens (including phenoxy) is 1. The molecule has 0 unspecified atom stereocenters. The van der Waals surface area contributed by atoms with Gasteiger partial charge in [0.1, 0.15) is 10.6 Å². The molecular weight excluding hydrogens is 406 g/mol. The summed E-state index contributed by atoms with van der Waals surface area (Å²) in [5.74, 6) is -0.0932. The van der Waals surface area contributed by atoms with Crippen LogP contribution in [0.1, 0.15) is 49.1 Å². The highest BCUT2D eigenvalue weighted by molar-refractivity contribution is 7.10. The molecule has 3 aromatic rings. The quantitative estimate of drug-likeness (QED) is 0.494. The molecule has 2 saturated carbocycles. The number of benzene rings is 2. The van der Waals surface area contributed by atoms with Gasteiger partial charge in [0, 0.05) is 10.9 Å². The predicted molar refractivity (Wildman–Crippen MR) is 122 cm³/mol. The van der Waals surface area contributed by atoms with Gasteiger partial charge in [0.25, 0.3) is 0 Å². The van der Waals surface area contributed by atoms with Crippen molar-refractivity contribution in [2.24, 2.45) is 5.92 Å². The van der Waals surface area contributed by atoms with Crippen LogP contribution in [0.25, 0.3) is 11.3 Å². The van der Waals surface area contributed by atoms with E-state index in [2.05, 4.69) is 17.5 Å². The second kappa shape index (κ2) is 8.21. The van der Waals surface area contributed by atoms with Gasteiger partial charge in [-0.2, -0.15) is 0 Å². The minimum atomic E-state index is -0.854. The van der Waals surface area contributed by atoms with Crippen molar-refractivity contribution in [3.63, 3.8) is 0 Å². The topological polar surface area (TPSA) is 59.4 Å². The summed E-state index contributed by atoms with van der Waals surface area (Å²) >= 11 is 1.64. The molecule has 160 valence electrons. The number of carbonyl (C=O) groups is 1. The van der Waals surface area contributed by atoms with E-state index in [0.717, 1.165) is 28.4 Å². The number of carboxylic acids is 1. The van der Waals surface area contributed by atoms with Crippen LogP contribution in [-0.4, -0.2) is 22.7 Å². The van der Waals surface area contributed by atoms with Gasteiger partial charge in [-0.15, -0.1) is 11.3 Å². The van der Waals surface area contributed by atoms with E-state index in [9.17, 15) is 9.90 Å². The van der Waals surface area contributed by atoms with Crippen LogP contribution in [0.3, 0.4) is 0 Å². The molecule has 5 heteroatoms. The lowest BCUT2D eigenvalue weighted by Crippen LogP contribution is -2.46. The molecule has 2 fully saturated rings. The summed E-state index contributed by atoms with van der Waals surface area (Å²) in [5, 5.41) is 13.3. The van der Waals surface area contributed by atoms with Gasteiger partial charge in [0.15, 0.2) is 0 Å². The van der Waals surface area contributed by atoms with Crippen LogP contribution in [0.4, 0.5) is 0 Å². The van der Waals surface area contributed by atoms with Crippen molar-refractivity contribution in [1.82, 2.24) is 4.98 Å². The summed E-state index contributed by atoms with van der Waals surface area (Å²) < 4.78 is 6.59. The highest BCUT2D eigenvalue weighted by atomic mass is 32.1. The van der Waals surface area contributed by atoms with E-state index in [-0.39, 0.29) is 0 Å². The predicted octanol–water partition coefficient (Wildman–Crippen LogP) is 6.03. The van der Waals surface area contributed by atoms with Crippen LogP contribution >= 0.6 is 11.3 Å². The Balaban J connectivity index is 1.45. The first kappa shape index (κ1) is 20.4. The fourth-order valence-corrected chi connectivity index (χ4v) is 5.71. The van der Waals surface area contributed by atoms with E-state index in [1.807, 2.05) is 48.5 Å². The standard InChI is InChI=1S/C26H27NO3S/c28-24(29)25(21-9-5-2-6-10-21)13-15-26(16-14-25,30-17-19-11-12-19)23-27-22(18-31-23)20-7-3-1-4-8-20/h1-10,18-19H,11-17H2,(H,28,29)/t25-,26+. The van der Waals surface area contributed by atoms with E-state index < -0.39 is 17.0 Å². The summed E-state index contributed by atoms with van der Waals surface area (Å²) in [6.45, 7) is 0.742. The first-order chi connectivity index (χ1) is 15.1. The van der Waals surface area contributed by atoms with Crippen LogP contribution in [-0.2, 0) is 20.5 Å². The Labute approximate surface area is 186 Å². The molecule has 0 spiro atoms. The molecule has 0 bridgehead atoms. The Morgan fingerprint density at radius 1 is 1.00 bits per heavy atom. The Bertz CT molecular complexity index is 1030. The van der Waals surface area contributed by atoms with Gasteiger partial charge in [-0.25, -0.2) is 4.98 Å². The van der Waals surface area contributed by atoms with Crippen molar-refractivity contribution in [1.29, 1.82) is 0 Å². The van der Waals surface area contributed by atoms with Crippen molar-refractivity contribution in [2.75, 3.05) is 6.61 Å². The Morgan fingerprint density at radius 3 is 2.26 bits per heavy atom. The number of nitrogens with zero attached hydrogens (tertiary/aromatic N) is 1. The highest BCUT2D eigenvalue weighted by Gasteiger charge is 2.51. The molecular formula is C26H27NO3S. The Morgan fingerprint density at radius 2 is 1.65 bits per heavy atom. The number of thiazole rings is 1. The number of aromatic nitrogens is 1. The summed E-state index contributed by atoms with van der Waals surface area (Å²) in [6.07, 6.45) is 4.90. The highest BCUT2D eigenvalue weighted by Crippen LogP contribution is 2.51. The van der Waals surface area contributed by atoms with Gasteiger partial charge >= 0.3 is 5.97 Å². The summed E-state index contributed by atoms with van der Waals surface area (Å²) in [5.41, 5.74) is 1.61. The molecule has 0 amide bonds. The largest absolute Gasteiger partial charge is 0.481 e. The van der Waals surface area contributed by atoms with E-state index in [1.54, 1.807) is 11.3 Å². The van der Waals surface area contributed by atoms with Crippen molar-refractivity contribution >= 4 is 17.3 Å². The minimum absolute atomic E-state index is 0.492. The first-order valence-corrected chi connectivity index (χ1v) is 11.9. The molecule has 1 heterocycles. The maximum Gasteiger partial charge on any atom is 0.314 e. The van der Waals surface area contributed by atoms with Crippen molar-refractivity contribution in [3.8, 4) is 11.3 Å². The lowest BCUT2D eigenvalue weighted by Gasteiger charge is -2.43. The van der Waals surface area contributed by atoms with Gasteiger partial charge in [0.2, 0.25) is 0 Å². The number of hydrogen-bond donors (Lipinski definition) is 1. The summed E-state index contributed by atoms with van der Waals surface area (Å²) in [7, 11) is 0. The van der Waals surface area contributed by atoms with Crippen LogP contribution in [0, 0.1) is 5.92 Å². The molecule has 0 radical (unpaired) electrons. The Hall–Kier alpha value is -2.50. The lowest BCUT2D eigenvalue weighted by atomic mass is 9.65. The molecule has 2 aliphatic carbocycles. The second-order valence-electron chi connectivity index (χ2n) is 8.91. The minimum Gasteiger partial charge on any atom is -0.481 e. The molecule has 0 saturated heterocycles. The number of hydrogen-bond acceptors (Lipinski definition) is 4. The SMILES string of the molecule is O=C(O)[C@]1(c2ccccc2)CC[C@@](OCC2CC2)(c2nc(-c3ccccc3)cs2)CC1. The van der Waals surface area contributed by atoms with E-state index >= 15 is 0 Å². The van der Waals surface area contributed by atoms with Crippen LogP contribution in [0.2, 0.25) is 0 Å². The maximum absolute atomic E-state index is 12.4. The molecule has 2 aliphatic rings. The van der Waals surface area contributed by atoms with Crippen molar-refractivity contribution in [3.05, 3.63) is 76.6 Å². The van der Waals surface area contributed by atoms with E-state index in [1.165, 1.54) is 12.8 Å². The number of carboxylic acid groups (broad SMARTS) is 1. The molecule has 2 aromatic carbocycles. The van der Waals surface area contributed by atoms with E-state index in [0.29, 0.717) is 31.6 Å². The molecule has 4 nitrogen and oxygen atoms in total. The van der Waals surface area contributed by atoms with Gasteiger partial charge in [0.05, 0.1) is 17.7 Å². The first-order valence-electron chi connectivity index (χ1n) is 11.1. The monoisotopic (exact) mass is 433 g/mol. The fraction of sp³-hybridized carbons (Fsp3) is 0.385. The average Bonchev–Trinajstić information content (AvgIpc) is 3.52. The maximum atomic E-state index is 12.4.